The Morgan fingerprint density at radius 3 is 1.19 bits per heavy atom. The second-order valence-electron chi connectivity index (χ2n) is 2.38. The van der Waals surface area contributed by atoms with Gasteiger partial charge in [0, 0.05) is 0 Å². The number of esters is 2. The summed E-state index contributed by atoms with van der Waals surface area (Å²) in [6.45, 7) is -1.20. The van der Waals surface area contributed by atoms with Crippen molar-refractivity contribution in [2.45, 2.75) is 7.59 Å². The van der Waals surface area contributed by atoms with E-state index in [2.05, 4.69) is 9.47 Å². The lowest BCUT2D eigenvalue weighted by molar-refractivity contribution is -0.167. The van der Waals surface area contributed by atoms with Crippen molar-refractivity contribution in [3.05, 3.63) is 0 Å². The Balaban J connectivity index is 3.97. The van der Waals surface area contributed by atoms with Crippen molar-refractivity contribution < 1.29 is 19.1 Å². The Kier molecular flexibility index (Phi) is 6.85. The quantitative estimate of drug-likeness (QED) is 0.435. The van der Waals surface area contributed by atoms with Crippen LogP contribution in [0.3, 0.4) is 0 Å². The van der Waals surface area contributed by atoms with E-state index in [0.717, 1.165) is 0 Å². The van der Waals surface area contributed by atoms with Crippen LogP contribution in [0.25, 0.3) is 0 Å². The van der Waals surface area contributed by atoms with E-state index < -0.39 is 32.7 Å². The van der Waals surface area contributed by atoms with Gasteiger partial charge in [-0.15, -0.1) is 0 Å². The molecule has 0 rings (SSSR count). The van der Waals surface area contributed by atoms with E-state index in [1.54, 1.807) is 0 Å². The third-order valence-electron chi connectivity index (χ3n) is 0.901. The smallest absolute Gasteiger partial charge is 0.417 e. The van der Waals surface area contributed by atoms with Gasteiger partial charge in [-0.3, -0.25) is 0 Å². The van der Waals surface area contributed by atoms with Crippen LogP contribution in [0.5, 0.6) is 0 Å². The van der Waals surface area contributed by atoms with Crippen molar-refractivity contribution in [1.29, 1.82) is 0 Å². The largest absolute Gasteiger partial charge is 0.453 e. The highest BCUT2D eigenvalue weighted by molar-refractivity contribution is 6.68. The number of hydrogen-bond donors (Lipinski definition) is 0. The molecule has 10 heteroatoms. The monoisotopic (exact) mass is 350 g/mol. The molecule has 0 aromatic carbocycles. The highest BCUT2D eigenvalue weighted by Crippen LogP contribution is 2.27. The maximum atomic E-state index is 10.9. The molecule has 0 aliphatic carbocycles. The predicted octanol–water partition coefficient (Wildman–Crippen LogP) is 2.81. The van der Waals surface area contributed by atoms with Crippen LogP contribution in [-0.2, 0) is 19.1 Å². The van der Waals surface area contributed by atoms with Crippen LogP contribution in [0.4, 0.5) is 0 Å². The number of rotatable bonds is 2. The Labute approximate surface area is 121 Å². The number of halogens is 6. The summed E-state index contributed by atoms with van der Waals surface area (Å²) in [5.41, 5.74) is 0. The van der Waals surface area contributed by atoms with Crippen molar-refractivity contribution in [3.8, 4) is 0 Å². The zero-order valence-electron chi connectivity index (χ0n) is 7.31. The van der Waals surface area contributed by atoms with Crippen LogP contribution >= 0.6 is 69.6 Å². The van der Waals surface area contributed by atoms with Gasteiger partial charge in [0.05, 0.1) is 0 Å². The first-order valence-corrected chi connectivity index (χ1v) is 5.75. The van der Waals surface area contributed by atoms with Crippen molar-refractivity contribution in [2.75, 3.05) is 13.2 Å². The van der Waals surface area contributed by atoms with E-state index >= 15 is 0 Å². The summed E-state index contributed by atoms with van der Waals surface area (Å²) in [4.78, 5) is 21.8. The SMILES string of the molecule is O=C(OCC(Cl)(Cl)Cl)C(=O)OCC(Cl)(Cl)Cl. The molecule has 0 aromatic rings. The highest BCUT2D eigenvalue weighted by Gasteiger charge is 2.28. The van der Waals surface area contributed by atoms with Crippen molar-refractivity contribution in [2.24, 2.45) is 0 Å². The number of ether oxygens (including phenoxy) is 2. The van der Waals surface area contributed by atoms with Crippen molar-refractivity contribution in [1.82, 2.24) is 0 Å². The Morgan fingerprint density at radius 2 is 1.00 bits per heavy atom. The van der Waals surface area contributed by atoms with Gasteiger partial charge in [0.25, 0.3) is 0 Å². The minimum atomic E-state index is -1.81. The predicted molar refractivity (Wildman–Crippen MR) is 62.5 cm³/mol. The van der Waals surface area contributed by atoms with Crippen molar-refractivity contribution in [3.63, 3.8) is 0 Å². The van der Waals surface area contributed by atoms with Crippen LogP contribution in [0.15, 0.2) is 0 Å². The second kappa shape index (κ2) is 6.57. The number of carbonyl (C=O) groups is 2. The van der Waals surface area contributed by atoms with E-state index in [4.69, 9.17) is 69.6 Å². The average Bonchev–Trinajstić information content (AvgIpc) is 2.07. The lowest BCUT2D eigenvalue weighted by Crippen LogP contribution is -2.27. The molecule has 0 aliphatic rings. The molecule has 0 bridgehead atoms. The number of carbonyl (C=O) groups excluding carboxylic acids is 2. The number of alkyl halides is 6. The van der Waals surface area contributed by atoms with E-state index in [0.29, 0.717) is 0 Å². The van der Waals surface area contributed by atoms with Gasteiger partial charge in [-0.2, -0.15) is 0 Å². The van der Waals surface area contributed by atoms with E-state index in [1.165, 1.54) is 0 Å². The summed E-state index contributed by atoms with van der Waals surface area (Å²) in [7, 11) is 0. The third-order valence-corrected chi connectivity index (χ3v) is 1.56. The van der Waals surface area contributed by atoms with Gasteiger partial charge in [-0.25, -0.2) is 9.59 Å². The average molecular weight is 353 g/mol. The van der Waals surface area contributed by atoms with Crippen LogP contribution in [0.1, 0.15) is 0 Å². The first-order chi connectivity index (χ1) is 7.01. The molecular formula is C6H4Cl6O4. The third kappa shape index (κ3) is 9.87. The Hall–Kier alpha value is 0.680. The van der Waals surface area contributed by atoms with Crippen LogP contribution in [0, 0.1) is 0 Å². The van der Waals surface area contributed by atoms with E-state index in [9.17, 15) is 9.59 Å². The molecule has 0 unspecified atom stereocenters. The van der Waals surface area contributed by atoms with Gasteiger partial charge in [0.1, 0.15) is 13.2 Å². The summed E-state index contributed by atoms with van der Waals surface area (Å²) < 4.78 is 4.96. The molecule has 0 heterocycles. The van der Waals surface area contributed by atoms with E-state index in [1.807, 2.05) is 0 Å². The molecule has 0 radical (unpaired) electrons. The van der Waals surface area contributed by atoms with E-state index in [-0.39, 0.29) is 0 Å². The number of hydrogen-bond acceptors (Lipinski definition) is 4. The van der Waals surface area contributed by atoms with Gasteiger partial charge in [0.2, 0.25) is 7.59 Å². The maximum absolute atomic E-state index is 10.9. The van der Waals surface area contributed by atoms with Gasteiger partial charge in [-0.1, -0.05) is 69.6 Å². The molecule has 0 aliphatic heterocycles. The summed E-state index contributed by atoms with van der Waals surface area (Å²) in [5.74, 6) is -2.69. The van der Waals surface area contributed by atoms with Crippen LogP contribution in [0.2, 0.25) is 0 Å². The highest BCUT2D eigenvalue weighted by atomic mass is 35.6. The summed E-state index contributed by atoms with van der Waals surface area (Å²) in [6, 6.07) is 0. The molecule has 0 aromatic heterocycles. The minimum absolute atomic E-state index is 0.598. The topological polar surface area (TPSA) is 52.6 Å². The molecule has 94 valence electrons. The minimum Gasteiger partial charge on any atom is -0.453 e. The Bertz CT molecular complexity index is 239. The fourth-order valence-corrected chi connectivity index (χ4v) is 0.740. The molecule has 0 N–H and O–H groups in total. The fraction of sp³-hybridized carbons (Fsp3) is 0.667. The summed E-state index contributed by atoms with van der Waals surface area (Å²) >= 11 is 31.6. The van der Waals surface area contributed by atoms with Crippen molar-refractivity contribution >= 4 is 81.5 Å². The second-order valence-corrected chi connectivity index (χ2v) is 7.41. The first-order valence-electron chi connectivity index (χ1n) is 3.48. The molecule has 4 nitrogen and oxygen atoms in total. The lowest BCUT2D eigenvalue weighted by Gasteiger charge is -2.12. The molecule has 0 saturated carbocycles. The zero-order chi connectivity index (χ0) is 13.0. The summed E-state index contributed by atoms with van der Waals surface area (Å²) in [5, 5.41) is 0. The van der Waals surface area contributed by atoms with Crippen LogP contribution < -0.4 is 0 Å². The summed E-state index contributed by atoms with van der Waals surface area (Å²) in [6.07, 6.45) is 0. The normalized spacial score (nSPS) is 12.1. The van der Waals surface area contributed by atoms with Gasteiger partial charge < -0.3 is 9.47 Å². The van der Waals surface area contributed by atoms with Gasteiger partial charge >= 0.3 is 11.9 Å². The molecule has 0 spiro atoms. The van der Waals surface area contributed by atoms with Gasteiger partial charge in [-0.05, 0) is 0 Å². The molecule has 0 atom stereocenters. The van der Waals surface area contributed by atoms with Gasteiger partial charge in [0.15, 0.2) is 0 Å². The molecule has 0 fully saturated rings. The maximum Gasteiger partial charge on any atom is 0.417 e. The fourth-order valence-electron chi connectivity index (χ4n) is 0.413. The first kappa shape index (κ1) is 16.7. The zero-order valence-corrected chi connectivity index (χ0v) is 11.9. The lowest BCUT2D eigenvalue weighted by atomic mass is 10.6. The molecule has 0 amide bonds. The molecule has 16 heavy (non-hydrogen) atoms. The molecule has 0 saturated heterocycles. The Morgan fingerprint density at radius 1 is 0.750 bits per heavy atom. The van der Waals surface area contributed by atoms with Crippen LogP contribution in [-0.4, -0.2) is 32.7 Å². The molecular weight excluding hydrogens is 349 g/mol. The standard InChI is InChI=1S/C6H4Cl6O4/c7-5(8,9)1-15-3(13)4(14)16-2-6(10,11)12/h1-2H2.